The molecule has 1 amide bonds. The maximum atomic E-state index is 11.1. The number of hydrogen-bond donors (Lipinski definition) is 3. The number of benzene rings is 1. The van der Waals surface area contributed by atoms with Crippen LogP contribution in [-0.4, -0.2) is 23.7 Å². The Morgan fingerprint density at radius 1 is 1.45 bits per heavy atom. The fourth-order valence-corrected chi connectivity index (χ4v) is 2.60. The summed E-state index contributed by atoms with van der Waals surface area (Å²) >= 11 is 0. The van der Waals surface area contributed by atoms with E-state index in [1.807, 2.05) is 18.2 Å². The Morgan fingerprint density at radius 3 is 2.80 bits per heavy atom. The number of carbonyl (C=O) groups excluding carboxylic acids is 1. The SMILES string of the molecule is CC(=O)Nc1cccc(C(C)NC(CCO)C2CC2)c1. The number of amides is 1. The lowest BCUT2D eigenvalue weighted by molar-refractivity contribution is -0.114. The lowest BCUT2D eigenvalue weighted by Crippen LogP contribution is -2.34. The van der Waals surface area contributed by atoms with Gasteiger partial charge in [0.05, 0.1) is 0 Å². The predicted molar refractivity (Wildman–Crippen MR) is 80.5 cm³/mol. The Hall–Kier alpha value is -1.39. The van der Waals surface area contributed by atoms with Crippen LogP contribution in [-0.2, 0) is 4.79 Å². The second kappa shape index (κ2) is 6.86. The average molecular weight is 276 g/mol. The van der Waals surface area contributed by atoms with E-state index in [0.717, 1.165) is 17.7 Å². The standard InChI is InChI=1S/C16H24N2O2/c1-11(17-16(8-9-19)13-6-7-13)14-4-3-5-15(10-14)18-12(2)20/h3-5,10-11,13,16-17,19H,6-9H2,1-2H3,(H,18,20). The van der Waals surface area contributed by atoms with E-state index in [1.54, 1.807) is 0 Å². The Bertz CT molecular complexity index is 458. The first-order valence-electron chi connectivity index (χ1n) is 7.34. The lowest BCUT2D eigenvalue weighted by Gasteiger charge is -2.23. The maximum Gasteiger partial charge on any atom is 0.221 e. The van der Waals surface area contributed by atoms with Gasteiger partial charge in [0.25, 0.3) is 0 Å². The second-order valence-electron chi connectivity index (χ2n) is 5.65. The summed E-state index contributed by atoms with van der Waals surface area (Å²) in [6.07, 6.45) is 3.33. The summed E-state index contributed by atoms with van der Waals surface area (Å²) in [5.74, 6) is 0.655. The third kappa shape index (κ3) is 4.32. The van der Waals surface area contributed by atoms with Crippen LogP contribution in [0.2, 0.25) is 0 Å². The summed E-state index contributed by atoms with van der Waals surface area (Å²) in [6, 6.07) is 8.51. The molecule has 0 heterocycles. The largest absolute Gasteiger partial charge is 0.396 e. The summed E-state index contributed by atoms with van der Waals surface area (Å²) in [6.45, 7) is 3.87. The molecule has 1 aromatic rings. The Balaban J connectivity index is 2.00. The molecule has 1 aliphatic rings. The van der Waals surface area contributed by atoms with E-state index in [1.165, 1.54) is 19.8 Å². The number of aliphatic hydroxyl groups excluding tert-OH is 1. The zero-order chi connectivity index (χ0) is 14.5. The molecule has 2 rings (SSSR count). The van der Waals surface area contributed by atoms with Crippen LogP contribution >= 0.6 is 0 Å². The molecule has 1 fully saturated rings. The molecular weight excluding hydrogens is 252 g/mol. The molecule has 1 aromatic carbocycles. The highest BCUT2D eigenvalue weighted by Gasteiger charge is 2.31. The van der Waals surface area contributed by atoms with Gasteiger partial charge in [-0.3, -0.25) is 4.79 Å². The van der Waals surface area contributed by atoms with Crippen LogP contribution in [0.4, 0.5) is 5.69 Å². The molecule has 0 aliphatic heterocycles. The van der Waals surface area contributed by atoms with Gasteiger partial charge in [-0.05, 0) is 49.8 Å². The Labute approximate surface area is 120 Å². The highest BCUT2D eigenvalue weighted by molar-refractivity contribution is 5.88. The molecule has 4 nitrogen and oxygen atoms in total. The molecular formula is C16H24N2O2. The van der Waals surface area contributed by atoms with Crippen LogP contribution in [0.3, 0.4) is 0 Å². The van der Waals surface area contributed by atoms with Gasteiger partial charge in [0.2, 0.25) is 5.91 Å². The van der Waals surface area contributed by atoms with E-state index in [0.29, 0.717) is 12.0 Å². The van der Waals surface area contributed by atoms with Crippen molar-refractivity contribution in [2.45, 2.75) is 45.2 Å². The third-order valence-corrected chi connectivity index (χ3v) is 3.80. The summed E-state index contributed by atoms with van der Waals surface area (Å²) in [7, 11) is 0. The summed E-state index contributed by atoms with van der Waals surface area (Å²) < 4.78 is 0. The van der Waals surface area contributed by atoms with Crippen molar-refractivity contribution in [1.82, 2.24) is 5.32 Å². The first-order valence-corrected chi connectivity index (χ1v) is 7.34. The van der Waals surface area contributed by atoms with E-state index >= 15 is 0 Å². The monoisotopic (exact) mass is 276 g/mol. The molecule has 2 unspecified atom stereocenters. The van der Waals surface area contributed by atoms with Crippen molar-refractivity contribution in [2.75, 3.05) is 11.9 Å². The Kier molecular flexibility index (Phi) is 5.15. The van der Waals surface area contributed by atoms with E-state index in [-0.39, 0.29) is 18.6 Å². The summed E-state index contributed by atoms with van der Waals surface area (Å²) in [4.78, 5) is 11.1. The van der Waals surface area contributed by atoms with Gasteiger partial charge in [0, 0.05) is 31.3 Å². The van der Waals surface area contributed by atoms with E-state index in [9.17, 15) is 4.79 Å². The fraction of sp³-hybridized carbons (Fsp3) is 0.562. The van der Waals surface area contributed by atoms with Gasteiger partial charge in [0.1, 0.15) is 0 Å². The minimum Gasteiger partial charge on any atom is -0.396 e. The van der Waals surface area contributed by atoms with Gasteiger partial charge in [-0.1, -0.05) is 12.1 Å². The van der Waals surface area contributed by atoms with Crippen molar-refractivity contribution in [1.29, 1.82) is 0 Å². The average Bonchev–Trinajstić information content (AvgIpc) is 3.22. The first-order chi connectivity index (χ1) is 9.60. The first kappa shape index (κ1) is 15.0. The molecule has 0 spiro atoms. The highest BCUT2D eigenvalue weighted by atomic mass is 16.3. The summed E-state index contributed by atoms with van der Waals surface area (Å²) in [5, 5.41) is 15.6. The van der Waals surface area contributed by atoms with E-state index in [2.05, 4.69) is 23.6 Å². The molecule has 0 aromatic heterocycles. The van der Waals surface area contributed by atoms with Gasteiger partial charge in [-0.25, -0.2) is 0 Å². The van der Waals surface area contributed by atoms with Gasteiger partial charge in [-0.2, -0.15) is 0 Å². The normalized spacial score (nSPS) is 17.6. The zero-order valence-electron chi connectivity index (χ0n) is 12.2. The number of carbonyl (C=O) groups is 1. The molecule has 20 heavy (non-hydrogen) atoms. The molecule has 3 N–H and O–H groups in total. The summed E-state index contributed by atoms with van der Waals surface area (Å²) in [5.41, 5.74) is 1.98. The van der Waals surface area contributed by atoms with E-state index < -0.39 is 0 Å². The molecule has 1 aliphatic carbocycles. The number of aliphatic hydroxyl groups is 1. The van der Waals surface area contributed by atoms with Crippen molar-refractivity contribution in [3.05, 3.63) is 29.8 Å². The van der Waals surface area contributed by atoms with Crippen LogP contribution < -0.4 is 10.6 Å². The lowest BCUT2D eigenvalue weighted by atomic mass is 10.0. The van der Waals surface area contributed by atoms with Crippen LogP contribution in [0.25, 0.3) is 0 Å². The topological polar surface area (TPSA) is 61.4 Å². The van der Waals surface area contributed by atoms with Crippen molar-refractivity contribution < 1.29 is 9.90 Å². The number of hydrogen-bond acceptors (Lipinski definition) is 3. The minimum atomic E-state index is -0.0566. The van der Waals surface area contributed by atoms with Crippen molar-refractivity contribution >= 4 is 11.6 Å². The third-order valence-electron chi connectivity index (χ3n) is 3.80. The van der Waals surface area contributed by atoms with Crippen LogP contribution in [0.15, 0.2) is 24.3 Å². The molecule has 2 atom stereocenters. The van der Waals surface area contributed by atoms with Crippen LogP contribution in [0.1, 0.15) is 44.7 Å². The molecule has 1 saturated carbocycles. The quantitative estimate of drug-likeness (QED) is 0.717. The highest BCUT2D eigenvalue weighted by Crippen LogP contribution is 2.35. The number of anilines is 1. The smallest absolute Gasteiger partial charge is 0.221 e. The van der Waals surface area contributed by atoms with Gasteiger partial charge in [0.15, 0.2) is 0 Å². The van der Waals surface area contributed by atoms with E-state index in [4.69, 9.17) is 5.11 Å². The van der Waals surface area contributed by atoms with Crippen molar-refractivity contribution in [3.8, 4) is 0 Å². The van der Waals surface area contributed by atoms with Crippen molar-refractivity contribution in [2.24, 2.45) is 5.92 Å². The molecule has 110 valence electrons. The van der Waals surface area contributed by atoms with Crippen LogP contribution in [0, 0.1) is 5.92 Å². The molecule has 4 heteroatoms. The number of nitrogens with one attached hydrogen (secondary N) is 2. The molecule has 0 saturated heterocycles. The van der Waals surface area contributed by atoms with Crippen molar-refractivity contribution in [3.63, 3.8) is 0 Å². The van der Waals surface area contributed by atoms with Crippen LogP contribution in [0.5, 0.6) is 0 Å². The fourth-order valence-electron chi connectivity index (χ4n) is 2.60. The van der Waals surface area contributed by atoms with Gasteiger partial charge >= 0.3 is 0 Å². The van der Waals surface area contributed by atoms with Gasteiger partial charge in [-0.15, -0.1) is 0 Å². The number of rotatable bonds is 7. The molecule has 0 radical (unpaired) electrons. The minimum absolute atomic E-state index is 0.0566. The maximum absolute atomic E-state index is 11.1. The second-order valence-corrected chi connectivity index (χ2v) is 5.65. The molecule has 0 bridgehead atoms. The zero-order valence-corrected chi connectivity index (χ0v) is 12.2. The Morgan fingerprint density at radius 2 is 2.20 bits per heavy atom. The van der Waals surface area contributed by atoms with Gasteiger partial charge < -0.3 is 15.7 Å². The predicted octanol–water partition coefficient (Wildman–Crippen LogP) is 2.46.